The molecule has 4 rings (SSSR count). The summed E-state index contributed by atoms with van der Waals surface area (Å²) >= 11 is 0. The fourth-order valence-corrected chi connectivity index (χ4v) is 4.10. The minimum absolute atomic E-state index is 0.135. The van der Waals surface area contributed by atoms with Crippen LogP contribution in [0.25, 0.3) is 16.9 Å². The van der Waals surface area contributed by atoms with Gasteiger partial charge in [-0.25, -0.2) is 14.3 Å². The number of esters is 1. The van der Waals surface area contributed by atoms with Gasteiger partial charge in [0.1, 0.15) is 11.5 Å². The maximum atomic E-state index is 12.6. The smallest absolute Gasteiger partial charge is 0.337 e. The van der Waals surface area contributed by atoms with Gasteiger partial charge in [-0.15, -0.1) is 0 Å². The minimum atomic E-state index is -0.422. The van der Waals surface area contributed by atoms with Gasteiger partial charge in [0.2, 0.25) is 5.91 Å². The van der Waals surface area contributed by atoms with Gasteiger partial charge in [-0.1, -0.05) is 0 Å². The van der Waals surface area contributed by atoms with Gasteiger partial charge in [0, 0.05) is 41.2 Å². The average Bonchev–Trinajstić information content (AvgIpc) is 3.32. The van der Waals surface area contributed by atoms with E-state index in [-0.39, 0.29) is 12.3 Å². The summed E-state index contributed by atoms with van der Waals surface area (Å²) in [5.74, 6) is 0.797. The average molecular weight is 489 g/mol. The largest absolute Gasteiger partial charge is 0.497 e. The third kappa shape index (κ3) is 5.00. The highest BCUT2D eigenvalue weighted by Crippen LogP contribution is 2.33. The van der Waals surface area contributed by atoms with E-state index in [2.05, 4.69) is 5.32 Å². The van der Waals surface area contributed by atoms with Gasteiger partial charge < -0.3 is 19.5 Å². The SMILES string of the molecule is COC(=O)c1ccc(NC(=O)CCc2c(C)nc3cc(-c4ccc(OC)cc4OC)nn3c2C)cc1. The number of nitrogens with zero attached hydrogens (tertiary/aromatic N) is 3. The number of aromatic nitrogens is 3. The number of rotatable bonds is 8. The lowest BCUT2D eigenvalue weighted by Gasteiger charge is -2.11. The van der Waals surface area contributed by atoms with Crippen LogP contribution in [-0.4, -0.2) is 47.8 Å². The van der Waals surface area contributed by atoms with E-state index in [0.717, 1.165) is 33.9 Å². The van der Waals surface area contributed by atoms with Gasteiger partial charge in [0.05, 0.1) is 32.6 Å². The van der Waals surface area contributed by atoms with Crippen LogP contribution in [0.4, 0.5) is 5.69 Å². The predicted octanol–water partition coefficient (Wildman–Crippen LogP) is 4.39. The number of fused-ring (bicyclic) bond motifs is 1. The third-order valence-electron chi connectivity index (χ3n) is 6.04. The molecule has 0 aliphatic rings. The van der Waals surface area contributed by atoms with Crippen molar-refractivity contribution in [3.8, 4) is 22.8 Å². The van der Waals surface area contributed by atoms with E-state index in [0.29, 0.717) is 29.2 Å². The van der Waals surface area contributed by atoms with Crippen LogP contribution in [0.15, 0.2) is 48.5 Å². The van der Waals surface area contributed by atoms with Crippen LogP contribution in [-0.2, 0) is 16.0 Å². The van der Waals surface area contributed by atoms with E-state index in [1.54, 1.807) is 43.0 Å². The monoisotopic (exact) mass is 488 g/mol. The Balaban J connectivity index is 1.52. The topological polar surface area (TPSA) is 104 Å². The van der Waals surface area contributed by atoms with Crippen molar-refractivity contribution >= 4 is 23.2 Å². The molecule has 0 bridgehead atoms. The molecule has 36 heavy (non-hydrogen) atoms. The molecule has 2 heterocycles. The Bertz CT molecular complexity index is 1430. The van der Waals surface area contributed by atoms with E-state index < -0.39 is 5.97 Å². The molecule has 1 N–H and O–H groups in total. The summed E-state index contributed by atoms with van der Waals surface area (Å²) < 4.78 is 17.3. The summed E-state index contributed by atoms with van der Waals surface area (Å²) in [6, 6.07) is 14.1. The number of carbonyl (C=O) groups is 2. The van der Waals surface area contributed by atoms with Crippen molar-refractivity contribution in [1.29, 1.82) is 0 Å². The zero-order valence-electron chi connectivity index (χ0n) is 20.9. The molecule has 0 atom stereocenters. The second-order valence-corrected chi connectivity index (χ2v) is 8.24. The van der Waals surface area contributed by atoms with E-state index in [1.807, 2.05) is 38.1 Å². The second-order valence-electron chi connectivity index (χ2n) is 8.24. The molecule has 2 aromatic heterocycles. The summed E-state index contributed by atoms with van der Waals surface area (Å²) in [6.07, 6.45) is 0.780. The number of methoxy groups -OCH3 is 3. The fourth-order valence-electron chi connectivity index (χ4n) is 4.10. The van der Waals surface area contributed by atoms with Gasteiger partial charge in [0.25, 0.3) is 0 Å². The van der Waals surface area contributed by atoms with Crippen molar-refractivity contribution in [3.63, 3.8) is 0 Å². The Morgan fingerprint density at radius 1 is 0.972 bits per heavy atom. The van der Waals surface area contributed by atoms with Crippen molar-refractivity contribution in [2.24, 2.45) is 0 Å². The van der Waals surface area contributed by atoms with Crippen LogP contribution in [0.3, 0.4) is 0 Å². The Morgan fingerprint density at radius 3 is 2.39 bits per heavy atom. The highest BCUT2D eigenvalue weighted by Gasteiger charge is 2.17. The summed E-state index contributed by atoms with van der Waals surface area (Å²) in [4.78, 5) is 28.9. The molecule has 0 spiro atoms. The molecule has 0 unspecified atom stereocenters. The molecule has 0 aliphatic heterocycles. The molecule has 0 aliphatic carbocycles. The molecule has 0 radical (unpaired) electrons. The van der Waals surface area contributed by atoms with Crippen LogP contribution >= 0.6 is 0 Å². The Labute approximate surface area is 209 Å². The molecule has 186 valence electrons. The zero-order chi connectivity index (χ0) is 25.8. The lowest BCUT2D eigenvalue weighted by Crippen LogP contribution is -2.14. The molecule has 9 heteroatoms. The van der Waals surface area contributed by atoms with Crippen molar-refractivity contribution < 1.29 is 23.8 Å². The maximum Gasteiger partial charge on any atom is 0.337 e. The minimum Gasteiger partial charge on any atom is -0.497 e. The Kier molecular flexibility index (Phi) is 7.19. The molecule has 4 aromatic rings. The van der Waals surface area contributed by atoms with Gasteiger partial charge >= 0.3 is 5.97 Å². The van der Waals surface area contributed by atoms with Gasteiger partial charge in [-0.3, -0.25) is 4.79 Å². The van der Waals surface area contributed by atoms with E-state index in [1.165, 1.54) is 7.11 Å². The van der Waals surface area contributed by atoms with E-state index in [9.17, 15) is 9.59 Å². The quantitative estimate of drug-likeness (QED) is 0.367. The first kappa shape index (κ1) is 24.7. The summed E-state index contributed by atoms with van der Waals surface area (Å²) in [7, 11) is 4.55. The number of benzene rings is 2. The normalized spacial score (nSPS) is 10.8. The first-order valence-corrected chi connectivity index (χ1v) is 11.4. The molecule has 1 amide bonds. The van der Waals surface area contributed by atoms with Crippen LogP contribution in [0.1, 0.15) is 33.7 Å². The van der Waals surface area contributed by atoms with E-state index in [4.69, 9.17) is 24.3 Å². The van der Waals surface area contributed by atoms with Crippen LogP contribution in [0.5, 0.6) is 11.5 Å². The lowest BCUT2D eigenvalue weighted by atomic mass is 10.1. The highest BCUT2D eigenvalue weighted by atomic mass is 16.5. The molecular weight excluding hydrogens is 460 g/mol. The van der Waals surface area contributed by atoms with Crippen molar-refractivity contribution in [3.05, 3.63) is 71.0 Å². The van der Waals surface area contributed by atoms with E-state index >= 15 is 0 Å². The molecular formula is C27H28N4O5. The van der Waals surface area contributed by atoms with Crippen LogP contribution < -0.4 is 14.8 Å². The van der Waals surface area contributed by atoms with Crippen LogP contribution in [0, 0.1) is 13.8 Å². The summed E-state index contributed by atoms with van der Waals surface area (Å²) in [5.41, 5.74) is 6.06. The predicted molar refractivity (Wildman–Crippen MR) is 136 cm³/mol. The number of anilines is 1. The van der Waals surface area contributed by atoms with Gasteiger partial charge in [-0.05, 0) is 62.2 Å². The number of nitrogens with one attached hydrogen (secondary N) is 1. The van der Waals surface area contributed by atoms with Gasteiger partial charge in [0.15, 0.2) is 5.65 Å². The van der Waals surface area contributed by atoms with Crippen molar-refractivity contribution in [1.82, 2.24) is 14.6 Å². The zero-order valence-corrected chi connectivity index (χ0v) is 20.9. The third-order valence-corrected chi connectivity index (χ3v) is 6.04. The first-order chi connectivity index (χ1) is 17.3. The number of carbonyl (C=O) groups excluding carboxylic acids is 2. The molecule has 9 nitrogen and oxygen atoms in total. The Morgan fingerprint density at radius 2 is 1.72 bits per heavy atom. The van der Waals surface area contributed by atoms with Crippen LogP contribution in [0.2, 0.25) is 0 Å². The summed E-state index contributed by atoms with van der Waals surface area (Å²) in [5, 5.41) is 7.63. The number of ether oxygens (including phenoxy) is 3. The Hall–Kier alpha value is -4.40. The standard InChI is InChI=1S/C27H28N4O5/c1-16-21(12-13-26(32)29-19-8-6-18(7-9-19)27(33)36-5)17(2)31-25(28-16)15-23(30-31)22-11-10-20(34-3)14-24(22)35-4/h6-11,14-15H,12-13H2,1-5H3,(H,29,32). The van der Waals surface area contributed by atoms with Crippen molar-refractivity contribution in [2.45, 2.75) is 26.7 Å². The number of hydrogen-bond donors (Lipinski definition) is 1. The fraction of sp³-hybridized carbons (Fsp3) is 0.259. The highest BCUT2D eigenvalue weighted by molar-refractivity contribution is 5.93. The summed E-state index contributed by atoms with van der Waals surface area (Å²) in [6.45, 7) is 3.91. The molecule has 2 aromatic carbocycles. The molecule has 0 saturated heterocycles. The number of aryl methyl sites for hydroxylation is 2. The number of amides is 1. The molecule has 0 saturated carbocycles. The molecule has 0 fully saturated rings. The van der Waals surface area contributed by atoms with Gasteiger partial charge in [-0.2, -0.15) is 5.10 Å². The maximum absolute atomic E-state index is 12.6. The van der Waals surface area contributed by atoms with Crippen molar-refractivity contribution in [2.75, 3.05) is 26.6 Å². The first-order valence-electron chi connectivity index (χ1n) is 11.4. The lowest BCUT2D eigenvalue weighted by molar-refractivity contribution is -0.116. The number of hydrogen-bond acceptors (Lipinski definition) is 7. The second kappa shape index (κ2) is 10.5.